The molecular weight excluding hydrogens is 344 g/mol. The molecule has 1 aromatic carbocycles. The zero-order valence-corrected chi connectivity index (χ0v) is 16.6. The van der Waals surface area contributed by atoms with Gasteiger partial charge in [0.2, 0.25) is 15.9 Å². The number of methoxy groups -OCH3 is 2. The molecule has 0 aliphatic rings. The first-order valence-electron chi connectivity index (χ1n) is 7.94. The van der Waals surface area contributed by atoms with E-state index in [0.717, 1.165) is 11.8 Å². The lowest BCUT2D eigenvalue weighted by molar-refractivity contribution is -0.121. The summed E-state index contributed by atoms with van der Waals surface area (Å²) >= 11 is 0. The van der Waals surface area contributed by atoms with E-state index >= 15 is 0 Å². The van der Waals surface area contributed by atoms with E-state index < -0.39 is 15.6 Å². The molecule has 0 heterocycles. The second-order valence-corrected chi connectivity index (χ2v) is 8.64. The van der Waals surface area contributed by atoms with Crippen LogP contribution in [0.25, 0.3) is 0 Å². The van der Waals surface area contributed by atoms with Crippen LogP contribution in [0.4, 0.5) is 0 Å². The number of sulfonamides is 1. The highest BCUT2D eigenvalue weighted by atomic mass is 32.2. The fraction of sp³-hybridized carbons (Fsp3) is 0.588. The molecule has 0 aliphatic carbocycles. The summed E-state index contributed by atoms with van der Waals surface area (Å²) < 4.78 is 35.3. The highest BCUT2D eigenvalue weighted by Crippen LogP contribution is 2.27. The van der Waals surface area contributed by atoms with Gasteiger partial charge in [-0.05, 0) is 44.9 Å². The van der Waals surface area contributed by atoms with Gasteiger partial charge in [0.1, 0.15) is 0 Å². The molecule has 0 aromatic heterocycles. The third kappa shape index (κ3) is 6.55. The van der Waals surface area contributed by atoms with Crippen LogP contribution < -0.4 is 14.8 Å². The van der Waals surface area contributed by atoms with E-state index in [4.69, 9.17) is 9.47 Å². The molecule has 1 N–H and O–H groups in total. The number of nitrogens with zero attached hydrogens (tertiary/aromatic N) is 1. The molecule has 0 radical (unpaired) electrons. The largest absolute Gasteiger partial charge is 0.493 e. The number of carbonyl (C=O) groups is 1. The fourth-order valence-corrected chi connectivity index (χ4v) is 3.77. The molecule has 1 amide bonds. The van der Waals surface area contributed by atoms with Crippen LogP contribution in [-0.4, -0.2) is 57.7 Å². The molecule has 0 spiro atoms. The number of amides is 1. The zero-order valence-electron chi connectivity index (χ0n) is 15.8. The van der Waals surface area contributed by atoms with Crippen molar-refractivity contribution < 1.29 is 22.7 Å². The highest BCUT2D eigenvalue weighted by molar-refractivity contribution is 7.88. The van der Waals surface area contributed by atoms with Gasteiger partial charge in [0.15, 0.2) is 11.5 Å². The Morgan fingerprint density at radius 1 is 1.16 bits per heavy atom. The summed E-state index contributed by atoms with van der Waals surface area (Å²) in [5, 5.41) is 2.75. The van der Waals surface area contributed by atoms with Crippen LogP contribution in [0.3, 0.4) is 0 Å². The van der Waals surface area contributed by atoms with Crippen molar-refractivity contribution in [3.63, 3.8) is 0 Å². The Hall–Kier alpha value is -1.80. The Labute approximate surface area is 150 Å². The van der Waals surface area contributed by atoms with Crippen LogP contribution in [0.15, 0.2) is 18.2 Å². The van der Waals surface area contributed by atoms with E-state index in [1.165, 1.54) is 4.31 Å². The van der Waals surface area contributed by atoms with E-state index in [0.29, 0.717) is 24.5 Å². The topological polar surface area (TPSA) is 84.9 Å². The van der Waals surface area contributed by atoms with Gasteiger partial charge >= 0.3 is 0 Å². The van der Waals surface area contributed by atoms with Gasteiger partial charge in [-0.2, -0.15) is 4.31 Å². The van der Waals surface area contributed by atoms with E-state index in [-0.39, 0.29) is 12.5 Å². The molecule has 8 heteroatoms. The molecule has 0 bridgehead atoms. The molecule has 0 unspecified atom stereocenters. The van der Waals surface area contributed by atoms with Gasteiger partial charge in [-0.15, -0.1) is 0 Å². The quantitative estimate of drug-likeness (QED) is 0.746. The molecule has 0 fully saturated rings. The monoisotopic (exact) mass is 372 g/mol. The molecule has 0 atom stereocenters. The van der Waals surface area contributed by atoms with Crippen molar-refractivity contribution in [2.75, 3.05) is 33.6 Å². The van der Waals surface area contributed by atoms with Gasteiger partial charge in [-0.3, -0.25) is 4.79 Å². The van der Waals surface area contributed by atoms with Gasteiger partial charge < -0.3 is 14.8 Å². The lowest BCUT2D eigenvalue weighted by atomic mass is 10.1. The van der Waals surface area contributed by atoms with Crippen LogP contribution in [0.1, 0.15) is 26.3 Å². The lowest BCUT2D eigenvalue weighted by Crippen LogP contribution is -2.50. The van der Waals surface area contributed by atoms with Crippen molar-refractivity contribution in [1.29, 1.82) is 0 Å². The summed E-state index contributed by atoms with van der Waals surface area (Å²) in [6.45, 7) is 5.46. The Kier molecular flexibility index (Phi) is 7.25. The smallest absolute Gasteiger partial charge is 0.235 e. The summed E-state index contributed by atoms with van der Waals surface area (Å²) in [7, 11) is -0.334. The van der Waals surface area contributed by atoms with E-state index in [1.807, 2.05) is 12.1 Å². The third-order valence-corrected chi connectivity index (χ3v) is 5.10. The second-order valence-electron chi connectivity index (χ2n) is 6.73. The number of ether oxygens (including phenoxy) is 2. The number of benzene rings is 1. The predicted octanol–water partition coefficient (Wildman–Crippen LogP) is 1.42. The van der Waals surface area contributed by atoms with Crippen LogP contribution in [0.2, 0.25) is 0 Å². The first kappa shape index (κ1) is 21.2. The van der Waals surface area contributed by atoms with Crippen molar-refractivity contribution in [2.45, 2.75) is 32.7 Å². The first-order chi connectivity index (χ1) is 11.5. The average Bonchev–Trinajstić information content (AvgIpc) is 2.50. The van der Waals surface area contributed by atoms with Crippen LogP contribution in [0, 0.1) is 0 Å². The van der Waals surface area contributed by atoms with Crippen LogP contribution in [0.5, 0.6) is 11.5 Å². The normalized spacial score (nSPS) is 12.1. The minimum absolute atomic E-state index is 0.200. The SMILES string of the molecule is COc1ccc(CCNC(=O)CN(C(C)(C)C)S(C)(=O)=O)cc1OC. The molecule has 0 aliphatic heterocycles. The van der Waals surface area contributed by atoms with E-state index in [1.54, 1.807) is 41.1 Å². The Morgan fingerprint density at radius 3 is 2.24 bits per heavy atom. The van der Waals surface area contributed by atoms with Crippen molar-refractivity contribution >= 4 is 15.9 Å². The number of rotatable bonds is 8. The number of nitrogens with one attached hydrogen (secondary N) is 1. The van der Waals surface area contributed by atoms with Gasteiger partial charge in [-0.25, -0.2) is 8.42 Å². The maximum absolute atomic E-state index is 12.1. The first-order valence-corrected chi connectivity index (χ1v) is 9.79. The maximum Gasteiger partial charge on any atom is 0.235 e. The molecule has 7 nitrogen and oxygen atoms in total. The molecule has 1 rings (SSSR count). The molecule has 142 valence electrons. The Balaban J connectivity index is 2.63. The number of carbonyl (C=O) groups excluding carboxylic acids is 1. The Bertz CT molecular complexity index is 695. The van der Waals surface area contributed by atoms with Crippen molar-refractivity contribution in [3.05, 3.63) is 23.8 Å². The molecule has 1 aromatic rings. The number of hydrogen-bond donors (Lipinski definition) is 1. The van der Waals surface area contributed by atoms with Crippen LogP contribution in [-0.2, 0) is 21.2 Å². The van der Waals surface area contributed by atoms with Crippen molar-refractivity contribution in [3.8, 4) is 11.5 Å². The van der Waals surface area contributed by atoms with Crippen LogP contribution >= 0.6 is 0 Å². The maximum atomic E-state index is 12.1. The highest BCUT2D eigenvalue weighted by Gasteiger charge is 2.31. The van der Waals surface area contributed by atoms with Gasteiger partial charge in [0.25, 0.3) is 0 Å². The van der Waals surface area contributed by atoms with Gasteiger partial charge in [-0.1, -0.05) is 6.07 Å². The van der Waals surface area contributed by atoms with E-state index in [9.17, 15) is 13.2 Å². The predicted molar refractivity (Wildman–Crippen MR) is 97.6 cm³/mol. The fourth-order valence-electron chi connectivity index (χ4n) is 2.42. The number of hydrogen-bond acceptors (Lipinski definition) is 5. The van der Waals surface area contributed by atoms with E-state index in [2.05, 4.69) is 5.32 Å². The summed E-state index contributed by atoms with van der Waals surface area (Å²) in [5.41, 5.74) is 0.322. The molecule has 0 saturated heterocycles. The summed E-state index contributed by atoms with van der Waals surface area (Å²) in [6, 6.07) is 5.55. The standard InChI is InChI=1S/C17H28N2O5S/c1-17(2,3)19(25(6,21)22)12-16(20)18-10-9-13-7-8-14(23-4)15(11-13)24-5/h7-8,11H,9-10,12H2,1-6H3,(H,18,20). The lowest BCUT2D eigenvalue weighted by Gasteiger charge is -2.32. The minimum Gasteiger partial charge on any atom is -0.493 e. The summed E-state index contributed by atoms with van der Waals surface area (Å²) in [4.78, 5) is 12.1. The Morgan fingerprint density at radius 2 is 1.76 bits per heavy atom. The average molecular weight is 372 g/mol. The minimum atomic E-state index is -3.47. The van der Waals surface area contributed by atoms with Crippen molar-refractivity contribution in [1.82, 2.24) is 9.62 Å². The van der Waals surface area contributed by atoms with Crippen molar-refractivity contribution in [2.24, 2.45) is 0 Å². The molecular formula is C17H28N2O5S. The zero-order chi connectivity index (χ0) is 19.3. The second kappa shape index (κ2) is 8.53. The summed E-state index contributed by atoms with van der Waals surface area (Å²) in [5.74, 6) is 0.937. The third-order valence-electron chi connectivity index (χ3n) is 3.62. The van der Waals surface area contributed by atoms with Gasteiger partial charge in [0.05, 0.1) is 27.0 Å². The molecule has 25 heavy (non-hydrogen) atoms. The summed E-state index contributed by atoms with van der Waals surface area (Å²) in [6.07, 6.45) is 1.70. The van der Waals surface area contributed by atoms with Gasteiger partial charge in [0, 0.05) is 12.1 Å². The molecule has 0 saturated carbocycles.